The second kappa shape index (κ2) is 4.82. The molecule has 1 saturated carbocycles. The van der Waals surface area contributed by atoms with Crippen molar-refractivity contribution in [1.29, 1.82) is 0 Å². The first-order chi connectivity index (χ1) is 13.7. The van der Waals surface area contributed by atoms with E-state index in [1.165, 1.54) is 14.2 Å². The molecule has 3 aliphatic carbocycles. The SMILES string of the molecule is COC(=O)C12c3c(ccc4ccccc34)C3c4ccccc4C1C32C(=O)OC. The zero-order chi connectivity index (χ0) is 19.3. The molecule has 0 aliphatic heterocycles. The number of carbonyl (C=O) groups excluding carboxylic acids is 2. The Hall–Kier alpha value is -3.14. The molecule has 138 valence electrons. The Morgan fingerprint density at radius 3 is 2.21 bits per heavy atom. The number of hydrogen-bond acceptors (Lipinski definition) is 4. The molecule has 4 heteroatoms. The monoisotopic (exact) mass is 370 g/mol. The predicted octanol–water partition coefficient (Wildman–Crippen LogP) is 3.67. The standard InChI is InChI=1S/C24H18O4/c1-27-21(25)23-18-14-8-4-3-7-13(14)11-12-17(18)19-15-9-5-6-10-16(15)20(23)24(19,23)22(26)28-2/h3-12,19-20H,1-2H3. The second-order valence-electron chi connectivity index (χ2n) is 7.91. The summed E-state index contributed by atoms with van der Waals surface area (Å²) in [6.07, 6.45) is 0. The maximum atomic E-state index is 13.4. The Morgan fingerprint density at radius 2 is 1.46 bits per heavy atom. The van der Waals surface area contributed by atoms with Gasteiger partial charge in [-0.15, -0.1) is 0 Å². The maximum absolute atomic E-state index is 13.4. The molecule has 3 aliphatic rings. The van der Waals surface area contributed by atoms with Crippen LogP contribution in [0.2, 0.25) is 0 Å². The van der Waals surface area contributed by atoms with Crippen LogP contribution in [0.3, 0.4) is 0 Å². The van der Waals surface area contributed by atoms with Crippen LogP contribution in [-0.2, 0) is 24.5 Å². The molecule has 0 heterocycles. The second-order valence-corrected chi connectivity index (χ2v) is 7.91. The molecule has 0 saturated heterocycles. The molecular formula is C24H18O4. The van der Waals surface area contributed by atoms with Gasteiger partial charge < -0.3 is 9.47 Å². The molecule has 0 spiro atoms. The Balaban J connectivity index is 1.80. The minimum atomic E-state index is -1.02. The van der Waals surface area contributed by atoms with Crippen LogP contribution in [-0.4, -0.2) is 26.2 Å². The largest absolute Gasteiger partial charge is 0.469 e. The van der Waals surface area contributed by atoms with Crippen LogP contribution in [0.15, 0.2) is 60.7 Å². The number of carbonyl (C=O) groups is 2. The summed E-state index contributed by atoms with van der Waals surface area (Å²) < 4.78 is 10.6. The lowest BCUT2D eigenvalue weighted by molar-refractivity contribution is -0.154. The van der Waals surface area contributed by atoms with Crippen LogP contribution < -0.4 is 0 Å². The number of methoxy groups -OCH3 is 2. The fraction of sp³-hybridized carbons (Fsp3) is 0.250. The number of ether oxygens (including phenoxy) is 2. The average Bonchev–Trinajstić information content (AvgIpc) is 3.16. The fourth-order valence-electron chi connectivity index (χ4n) is 6.50. The summed E-state index contributed by atoms with van der Waals surface area (Å²) in [5, 5.41) is 2.07. The van der Waals surface area contributed by atoms with Crippen molar-refractivity contribution in [1.82, 2.24) is 0 Å². The molecule has 4 atom stereocenters. The van der Waals surface area contributed by atoms with E-state index in [0.717, 1.165) is 33.0 Å². The van der Waals surface area contributed by atoms with Gasteiger partial charge in [0.2, 0.25) is 0 Å². The van der Waals surface area contributed by atoms with E-state index >= 15 is 0 Å². The van der Waals surface area contributed by atoms with Crippen molar-refractivity contribution in [3.8, 4) is 0 Å². The van der Waals surface area contributed by atoms with Crippen LogP contribution in [0.5, 0.6) is 0 Å². The first kappa shape index (κ1) is 15.9. The molecule has 1 fully saturated rings. The van der Waals surface area contributed by atoms with Crippen molar-refractivity contribution in [3.63, 3.8) is 0 Å². The van der Waals surface area contributed by atoms with Crippen LogP contribution in [0.4, 0.5) is 0 Å². The topological polar surface area (TPSA) is 52.6 Å². The van der Waals surface area contributed by atoms with E-state index in [9.17, 15) is 9.59 Å². The molecule has 0 bridgehead atoms. The summed E-state index contributed by atoms with van der Waals surface area (Å²) in [5.74, 6) is -1.12. The predicted molar refractivity (Wildman–Crippen MR) is 103 cm³/mol. The molecule has 0 amide bonds. The summed E-state index contributed by atoms with van der Waals surface area (Å²) in [5.41, 5.74) is 2.18. The van der Waals surface area contributed by atoms with Crippen molar-refractivity contribution in [2.24, 2.45) is 5.41 Å². The van der Waals surface area contributed by atoms with Crippen molar-refractivity contribution >= 4 is 22.7 Å². The molecule has 0 aromatic heterocycles. The van der Waals surface area contributed by atoms with Crippen LogP contribution in [0, 0.1) is 5.41 Å². The molecule has 3 aromatic rings. The quantitative estimate of drug-likeness (QED) is 0.646. The van der Waals surface area contributed by atoms with E-state index in [-0.39, 0.29) is 23.8 Å². The third-order valence-corrected chi connectivity index (χ3v) is 7.23. The third-order valence-electron chi connectivity index (χ3n) is 7.23. The molecular weight excluding hydrogens is 352 g/mol. The van der Waals surface area contributed by atoms with Crippen LogP contribution >= 0.6 is 0 Å². The van der Waals surface area contributed by atoms with Crippen molar-refractivity contribution in [2.75, 3.05) is 14.2 Å². The van der Waals surface area contributed by atoms with E-state index in [4.69, 9.17) is 9.47 Å². The van der Waals surface area contributed by atoms with Crippen LogP contribution in [0.1, 0.15) is 34.1 Å². The third kappa shape index (κ3) is 1.32. The molecule has 3 aromatic carbocycles. The number of esters is 2. The summed E-state index contributed by atoms with van der Waals surface area (Å²) >= 11 is 0. The highest BCUT2D eigenvalue weighted by Crippen LogP contribution is 2.90. The summed E-state index contributed by atoms with van der Waals surface area (Å²) in [4.78, 5) is 26.7. The average molecular weight is 370 g/mol. The molecule has 0 radical (unpaired) electrons. The van der Waals surface area contributed by atoms with E-state index in [2.05, 4.69) is 18.2 Å². The highest BCUT2D eigenvalue weighted by molar-refractivity contribution is 6.12. The van der Waals surface area contributed by atoms with Gasteiger partial charge in [-0.3, -0.25) is 9.59 Å². The van der Waals surface area contributed by atoms with E-state index in [1.54, 1.807) is 0 Å². The molecule has 0 N–H and O–H groups in total. The number of benzene rings is 3. The van der Waals surface area contributed by atoms with Crippen molar-refractivity contribution in [2.45, 2.75) is 17.3 Å². The summed E-state index contributed by atoms with van der Waals surface area (Å²) in [7, 11) is 2.81. The Bertz CT molecular complexity index is 1210. The lowest BCUT2D eigenvalue weighted by Gasteiger charge is -2.21. The van der Waals surface area contributed by atoms with Gasteiger partial charge in [-0.2, -0.15) is 0 Å². The van der Waals surface area contributed by atoms with Crippen molar-refractivity contribution in [3.05, 3.63) is 82.9 Å². The van der Waals surface area contributed by atoms with Gasteiger partial charge in [0.25, 0.3) is 0 Å². The Kier molecular flexibility index (Phi) is 2.73. The number of fused-ring (bicyclic) bond motifs is 9. The van der Waals surface area contributed by atoms with Gasteiger partial charge in [0.05, 0.1) is 14.2 Å². The van der Waals surface area contributed by atoms with Gasteiger partial charge in [-0.1, -0.05) is 60.7 Å². The fourth-order valence-corrected chi connectivity index (χ4v) is 6.50. The summed E-state index contributed by atoms with van der Waals surface area (Å²) in [6, 6.07) is 20.3. The lowest BCUT2D eigenvalue weighted by atomic mass is 9.82. The Morgan fingerprint density at radius 1 is 0.786 bits per heavy atom. The lowest BCUT2D eigenvalue weighted by Crippen LogP contribution is -2.34. The smallest absolute Gasteiger partial charge is 0.318 e. The Labute approximate surface area is 162 Å². The van der Waals surface area contributed by atoms with Gasteiger partial charge in [0.1, 0.15) is 10.8 Å². The van der Waals surface area contributed by atoms with Crippen molar-refractivity contribution < 1.29 is 19.1 Å². The first-order valence-electron chi connectivity index (χ1n) is 9.43. The van der Waals surface area contributed by atoms with E-state index in [1.807, 2.05) is 42.5 Å². The summed E-state index contributed by atoms with van der Waals surface area (Å²) in [6.45, 7) is 0. The van der Waals surface area contributed by atoms with Gasteiger partial charge in [-0.25, -0.2) is 0 Å². The highest BCUT2D eigenvalue weighted by Gasteiger charge is 2.95. The minimum Gasteiger partial charge on any atom is -0.469 e. The van der Waals surface area contributed by atoms with E-state index in [0.29, 0.717) is 0 Å². The van der Waals surface area contributed by atoms with Gasteiger partial charge >= 0.3 is 11.9 Å². The first-order valence-corrected chi connectivity index (χ1v) is 9.43. The van der Waals surface area contributed by atoms with Gasteiger partial charge in [-0.05, 0) is 33.0 Å². The highest BCUT2D eigenvalue weighted by atomic mass is 16.5. The van der Waals surface area contributed by atoms with Gasteiger partial charge in [0.15, 0.2) is 0 Å². The number of rotatable bonds is 2. The molecule has 4 unspecified atom stereocenters. The minimum absolute atomic E-state index is 0.195. The molecule has 4 nitrogen and oxygen atoms in total. The normalized spacial score (nSPS) is 30.4. The van der Waals surface area contributed by atoms with Gasteiger partial charge in [0, 0.05) is 11.8 Å². The molecule has 28 heavy (non-hydrogen) atoms. The zero-order valence-corrected chi connectivity index (χ0v) is 15.6. The number of hydrogen-bond donors (Lipinski definition) is 0. The van der Waals surface area contributed by atoms with E-state index < -0.39 is 10.8 Å². The molecule has 6 rings (SSSR count). The van der Waals surface area contributed by atoms with Crippen LogP contribution in [0.25, 0.3) is 10.8 Å². The zero-order valence-electron chi connectivity index (χ0n) is 15.6. The maximum Gasteiger partial charge on any atom is 0.318 e.